The lowest BCUT2D eigenvalue weighted by Gasteiger charge is -2.49. The van der Waals surface area contributed by atoms with Gasteiger partial charge in [0.25, 0.3) is 0 Å². The van der Waals surface area contributed by atoms with Crippen LogP contribution >= 0.6 is 0 Å². The van der Waals surface area contributed by atoms with Gasteiger partial charge in [0.15, 0.2) is 0 Å². The van der Waals surface area contributed by atoms with Crippen molar-refractivity contribution in [1.82, 2.24) is 0 Å². The molecular formula is C18H22O2. The minimum absolute atomic E-state index is 0.268. The molecule has 0 aromatic heterocycles. The molecule has 1 aromatic carbocycles. The highest BCUT2D eigenvalue weighted by atomic mass is 16.3. The highest BCUT2D eigenvalue weighted by Crippen LogP contribution is 2.60. The van der Waals surface area contributed by atoms with Gasteiger partial charge in [0.2, 0.25) is 0 Å². The van der Waals surface area contributed by atoms with Gasteiger partial charge in [0, 0.05) is 0 Å². The zero-order valence-electron chi connectivity index (χ0n) is 11.9. The molecule has 5 atom stereocenters. The Hall–Kier alpha value is -1.28. The van der Waals surface area contributed by atoms with Crippen molar-refractivity contribution in [3.8, 4) is 5.75 Å². The molecule has 106 valence electrons. The number of benzene rings is 1. The van der Waals surface area contributed by atoms with Crippen molar-refractivity contribution in [3.05, 3.63) is 41.5 Å². The summed E-state index contributed by atoms with van der Waals surface area (Å²) in [6, 6.07) is 5.57. The third kappa shape index (κ3) is 1.61. The van der Waals surface area contributed by atoms with Gasteiger partial charge >= 0.3 is 0 Å². The van der Waals surface area contributed by atoms with Crippen LogP contribution in [0.3, 0.4) is 0 Å². The van der Waals surface area contributed by atoms with E-state index in [1.54, 1.807) is 12.1 Å². The minimum Gasteiger partial charge on any atom is -0.508 e. The lowest BCUT2D eigenvalue weighted by Crippen LogP contribution is -2.40. The molecule has 0 spiro atoms. The van der Waals surface area contributed by atoms with Gasteiger partial charge in [-0.1, -0.05) is 25.1 Å². The van der Waals surface area contributed by atoms with Crippen LogP contribution in [0.25, 0.3) is 0 Å². The maximum Gasteiger partial charge on any atom is 0.115 e. The molecule has 4 rings (SSSR count). The Morgan fingerprint density at radius 2 is 2.10 bits per heavy atom. The fraction of sp³-hybridized carbons (Fsp3) is 0.556. The molecule has 0 heterocycles. The maximum absolute atomic E-state index is 10.5. The molecule has 3 aliphatic carbocycles. The van der Waals surface area contributed by atoms with E-state index in [4.69, 9.17) is 0 Å². The first-order chi connectivity index (χ1) is 9.58. The van der Waals surface area contributed by atoms with Crippen molar-refractivity contribution >= 4 is 0 Å². The lowest BCUT2D eigenvalue weighted by molar-refractivity contribution is 0.0311. The SMILES string of the molecule is C[C@@]12C=CC[C@H]1[C@@H]1CC(O)c3cc(O)ccc3[C@H]1CC2. The summed E-state index contributed by atoms with van der Waals surface area (Å²) in [7, 11) is 0. The highest BCUT2D eigenvalue weighted by molar-refractivity contribution is 5.41. The van der Waals surface area contributed by atoms with Gasteiger partial charge in [0.05, 0.1) is 6.10 Å². The van der Waals surface area contributed by atoms with Crippen molar-refractivity contribution in [2.24, 2.45) is 17.3 Å². The number of phenols is 1. The van der Waals surface area contributed by atoms with E-state index in [9.17, 15) is 10.2 Å². The fourth-order valence-electron chi connectivity index (χ4n) is 5.06. The zero-order valence-corrected chi connectivity index (χ0v) is 11.9. The molecule has 0 saturated heterocycles. The predicted octanol–water partition coefficient (Wildman–Crippen LogP) is 3.91. The highest BCUT2D eigenvalue weighted by Gasteiger charge is 2.49. The van der Waals surface area contributed by atoms with E-state index < -0.39 is 6.10 Å². The first-order valence-corrected chi connectivity index (χ1v) is 7.77. The summed E-state index contributed by atoms with van der Waals surface area (Å²) in [5.41, 5.74) is 2.58. The van der Waals surface area contributed by atoms with Gasteiger partial charge < -0.3 is 10.2 Å². The summed E-state index contributed by atoms with van der Waals surface area (Å²) >= 11 is 0. The van der Waals surface area contributed by atoms with Gasteiger partial charge in [0.1, 0.15) is 5.75 Å². The summed E-state index contributed by atoms with van der Waals surface area (Å²) in [6.45, 7) is 2.39. The Labute approximate surface area is 120 Å². The molecule has 2 nitrogen and oxygen atoms in total. The van der Waals surface area contributed by atoms with Gasteiger partial charge in [-0.15, -0.1) is 0 Å². The number of phenolic OH excluding ortho intramolecular Hbond substituents is 1. The van der Waals surface area contributed by atoms with Crippen LogP contribution in [-0.2, 0) is 0 Å². The van der Waals surface area contributed by atoms with Crippen molar-refractivity contribution in [3.63, 3.8) is 0 Å². The predicted molar refractivity (Wildman–Crippen MR) is 78.5 cm³/mol. The number of aromatic hydroxyl groups is 1. The van der Waals surface area contributed by atoms with E-state index in [1.807, 2.05) is 6.07 Å². The largest absolute Gasteiger partial charge is 0.508 e. The number of rotatable bonds is 0. The Morgan fingerprint density at radius 3 is 2.95 bits per heavy atom. The number of fused-ring (bicyclic) bond motifs is 5. The van der Waals surface area contributed by atoms with E-state index >= 15 is 0 Å². The molecule has 1 fully saturated rings. The third-order valence-electron chi connectivity index (χ3n) is 6.09. The smallest absolute Gasteiger partial charge is 0.115 e. The van der Waals surface area contributed by atoms with Gasteiger partial charge in [-0.05, 0) is 72.1 Å². The second kappa shape index (κ2) is 4.11. The van der Waals surface area contributed by atoms with Crippen molar-refractivity contribution in [2.75, 3.05) is 0 Å². The maximum atomic E-state index is 10.5. The summed E-state index contributed by atoms with van der Waals surface area (Å²) in [5, 5.41) is 20.2. The summed E-state index contributed by atoms with van der Waals surface area (Å²) in [6.07, 6.45) is 8.79. The third-order valence-corrected chi connectivity index (χ3v) is 6.09. The molecule has 1 saturated carbocycles. The first kappa shape index (κ1) is 12.5. The Balaban J connectivity index is 1.77. The number of allylic oxidation sites excluding steroid dienone is 2. The standard InChI is InChI=1S/C18H22O2/c1-18-7-2-3-16(18)14-10-17(20)15-9-11(19)4-5-12(15)13(14)6-8-18/h2,4-5,7,9,13-14,16-17,19-20H,3,6,8,10H2,1H3/t13-,14-,16+,17?,18+/m1/s1. The van der Waals surface area contributed by atoms with Crippen LogP contribution in [-0.4, -0.2) is 10.2 Å². The Morgan fingerprint density at radius 1 is 1.25 bits per heavy atom. The van der Waals surface area contributed by atoms with E-state index in [0.717, 1.165) is 18.4 Å². The molecule has 1 aromatic rings. The van der Waals surface area contributed by atoms with E-state index in [1.165, 1.54) is 18.4 Å². The van der Waals surface area contributed by atoms with Crippen molar-refractivity contribution < 1.29 is 10.2 Å². The van der Waals surface area contributed by atoms with Crippen LogP contribution < -0.4 is 0 Å². The van der Waals surface area contributed by atoms with Crippen LogP contribution in [0, 0.1) is 17.3 Å². The minimum atomic E-state index is -0.415. The summed E-state index contributed by atoms with van der Waals surface area (Å²) < 4.78 is 0. The number of hydrogen-bond donors (Lipinski definition) is 2. The topological polar surface area (TPSA) is 40.5 Å². The average Bonchev–Trinajstić information content (AvgIpc) is 2.81. The van der Waals surface area contributed by atoms with Crippen LogP contribution in [0.2, 0.25) is 0 Å². The molecular weight excluding hydrogens is 248 g/mol. The normalized spacial score (nSPS) is 41.9. The quantitative estimate of drug-likeness (QED) is 0.702. The molecule has 20 heavy (non-hydrogen) atoms. The average molecular weight is 270 g/mol. The van der Waals surface area contributed by atoms with E-state index in [0.29, 0.717) is 23.2 Å². The summed E-state index contributed by atoms with van der Waals surface area (Å²) in [4.78, 5) is 0. The second-order valence-corrected chi connectivity index (χ2v) is 7.12. The number of aliphatic hydroxyl groups excluding tert-OH is 1. The fourth-order valence-corrected chi connectivity index (χ4v) is 5.06. The summed E-state index contributed by atoms with van der Waals surface area (Å²) in [5.74, 6) is 2.09. The number of aliphatic hydroxyl groups is 1. The van der Waals surface area contributed by atoms with E-state index in [-0.39, 0.29) is 5.75 Å². The van der Waals surface area contributed by atoms with Gasteiger partial charge in [-0.2, -0.15) is 0 Å². The molecule has 2 heteroatoms. The molecule has 3 aliphatic rings. The lowest BCUT2D eigenvalue weighted by atomic mass is 9.55. The number of hydrogen-bond acceptors (Lipinski definition) is 2. The van der Waals surface area contributed by atoms with Crippen molar-refractivity contribution in [1.29, 1.82) is 0 Å². The first-order valence-electron chi connectivity index (χ1n) is 7.77. The van der Waals surface area contributed by atoms with Crippen LogP contribution in [0.15, 0.2) is 30.4 Å². The molecule has 0 amide bonds. The monoisotopic (exact) mass is 270 g/mol. The van der Waals surface area contributed by atoms with Crippen LogP contribution in [0.4, 0.5) is 0 Å². The molecule has 1 unspecified atom stereocenters. The Kier molecular flexibility index (Phi) is 2.56. The van der Waals surface area contributed by atoms with Crippen molar-refractivity contribution in [2.45, 2.75) is 44.6 Å². The molecule has 0 radical (unpaired) electrons. The Bertz CT molecular complexity index is 577. The van der Waals surface area contributed by atoms with Crippen LogP contribution in [0.1, 0.15) is 55.8 Å². The second-order valence-electron chi connectivity index (χ2n) is 7.12. The zero-order chi connectivity index (χ0) is 13.9. The van der Waals surface area contributed by atoms with E-state index in [2.05, 4.69) is 19.1 Å². The molecule has 0 bridgehead atoms. The van der Waals surface area contributed by atoms with Crippen LogP contribution in [0.5, 0.6) is 5.75 Å². The van der Waals surface area contributed by atoms with Gasteiger partial charge in [-0.25, -0.2) is 0 Å². The molecule has 2 N–H and O–H groups in total. The van der Waals surface area contributed by atoms with Gasteiger partial charge in [-0.3, -0.25) is 0 Å². The molecule has 0 aliphatic heterocycles.